The van der Waals surface area contributed by atoms with Gasteiger partial charge in [0.2, 0.25) is 0 Å². The highest BCUT2D eigenvalue weighted by Crippen LogP contribution is 2.31. The first-order valence-electron chi connectivity index (χ1n) is 10.4. The topological polar surface area (TPSA) is 48.0 Å². The van der Waals surface area contributed by atoms with Crippen LogP contribution in [-0.2, 0) is 16.1 Å². The van der Waals surface area contributed by atoms with E-state index in [1.807, 2.05) is 57.2 Å². The van der Waals surface area contributed by atoms with E-state index in [1.165, 1.54) is 5.56 Å². The molecule has 0 amide bonds. The van der Waals surface area contributed by atoms with E-state index in [2.05, 4.69) is 30.9 Å². The largest absolute Gasteiger partial charge is 0.493 e. The molecular formula is C25H35NO4. The van der Waals surface area contributed by atoms with Crippen molar-refractivity contribution in [3.05, 3.63) is 59.7 Å². The van der Waals surface area contributed by atoms with Crippen LogP contribution in [0.15, 0.2) is 48.5 Å². The smallest absolute Gasteiger partial charge is 0.307 e. The van der Waals surface area contributed by atoms with Crippen LogP contribution < -0.4 is 9.47 Å². The van der Waals surface area contributed by atoms with Gasteiger partial charge >= 0.3 is 5.97 Å². The van der Waals surface area contributed by atoms with Gasteiger partial charge in [-0.15, -0.1) is 0 Å². The number of benzene rings is 2. The number of carbonyl (C=O) groups is 1. The molecule has 2 rings (SSSR count). The van der Waals surface area contributed by atoms with Crippen molar-refractivity contribution < 1.29 is 19.0 Å². The lowest BCUT2D eigenvalue weighted by atomic mass is 10.0. The van der Waals surface area contributed by atoms with Crippen LogP contribution in [0, 0.1) is 0 Å². The Morgan fingerprint density at radius 1 is 0.967 bits per heavy atom. The summed E-state index contributed by atoms with van der Waals surface area (Å²) in [6.07, 6.45) is 0.321. The molecule has 1 unspecified atom stereocenters. The predicted molar refractivity (Wildman–Crippen MR) is 120 cm³/mol. The van der Waals surface area contributed by atoms with Crippen LogP contribution >= 0.6 is 0 Å². The van der Waals surface area contributed by atoms with Gasteiger partial charge in [0.1, 0.15) is 5.60 Å². The van der Waals surface area contributed by atoms with Gasteiger partial charge < -0.3 is 14.2 Å². The average Bonchev–Trinajstić information content (AvgIpc) is 2.70. The van der Waals surface area contributed by atoms with E-state index in [1.54, 1.807) is 14.2 Å². The van der Waals surface area contributed by atoms with Crippen LogP contribution in [0.4, 0.5) is 0 Å². The summed E-state index contributed by atoms with van der Waals surface area (Å²) >= 11 is 0. The number of esters is 1. The van der Waals surface area contributed by atoms with Gasteiger partial charge in [-0.2, -0.15) is 0 Å². The van der Waals surface area contributed by atoms with Gasteiger partial charge in [0.05, 0.1) is 20.6 Å². The quantitative estimate of drug-likeness (QED) is 0.516. The molecule has 5 nitrogen and oxygen atoms in total. The summed E-state index contributed by atoms with van der Waals surface area (Å²) < 4.78 is 16.4. The van der Waals surface area contributed by atoms with Crippen LogP contribution in [0.2, 0.25) is 0 Å². The Morgan fingerprint density at radius 2 is 1.60 bits per heavy atom. The molecule has 0 aliphatic rings. The standard InChI is InChI=1S/C25H35NO4/c1-18(15-24(27)30-25(3,4)5)26(19(2)21-11-9-8-10-12-21)17-20-13-14-22(28-6)23(16-20)29-7/h8-14,16,18-19H,15,17H2,1-7H3/t18?,19-/m1/s1. The highest BCUT2D eigenvalue weighted by molar-refractivity contribution is 5.70. The van der Waals surface area contributed by atoms with E-state index in [9.17, 15) is 4.79 Å². The Kier molecular flexibility index (Phi) is 8.30. The van der Waals surface area contributed by atoms with Crippen LogP contribution in [0.5, 0.6) is 11.5 Å². The number of nitrogens with zero attached hydrogens (tertiary/aromatic N) is 1. The summed E-state index contributed by atoms with van der Waals surface area (Å²) in [4.78, 5) is 14.8. The summed E-state index contributed by atoms with van der Waals surface area (Å²) in [6, 6.07) is 16.4. The molecule has 0 saturated carbocycles. The van der Waals surface area contributed by atoms with Gasteiger partial charge in [-0.25, -0.2) is 0 Å². The van der Waals surface area contributed by atoms with E-state index in [4.69, 9.17) is 14.2 Å². The minimum absolute atomic E-state index is 0.0110. The molecular weight excluding hydrogens is 378 g/mol. The first kappa shape index (κ1) is 23.7. The van der Waals surface area contributed by atoms with E-state index < -0.39 is 5.60 Å². The van der Waals surface area contributed by atoms with Gasteiger partial charge in [-0.3, -0.25) is 9.69 Å². The van der Waals surface area contributed by atoms with Crippen molar-refractivity contribution in [1.29, 1.82) is 0 Å². The first-order chi connectivity index (χ1) is 14.1. The molecule has 0 fully saturated rings. The molecule has 2 aromatic rings. The fourth-order valence-corrected chi connectivity index (χ4v) is 3.53. The highest BCUT2D eigenvalue weighted by atomic mass is 16.6. The third-order valence-electron chi connectivity index (χ3n) is 5.04. The van der Waals surface area contributed by atoms with Gasteiger partial charge in [-0.05, 0) is 57.9 Å². The first-order valence-corrected chi connectivity index (χ1v) is 10.4. The summed E-state index contributed by atoms with van der Waals surface area (Å²) in [6.45, 7) is 10.6. The highest BCUT2D eigenvalue weighted by Gasteiger charge is 2.26. The number of rotatable bonds is 9. The molecule has 0 heterocycles. The number of hydrogen-bond donors (Lipinski definition) is 0. The molecule has 0 bridgehead atoms. The molecule has 2 atom stereocenters. The van der Waals surface area contributed by atoms with Crippen molar-refractivity contribution in [2.45, 2.75) is 65.3 Å². The van der Waals surface area contributed by atoms with E-state index in [0.717, 1.165) is 5.56 Å². The van der Waals surface area contributed by atoms with Crippen LogP contribution in [0.3, 0.4) is 0 Å². The molecule has 0 aliphatic carbocycles. The fourth-order valence-electron chi connectivity index (χ4n) is 3.53. The van der Waals surface area contributed by atoms with Crippen LogP contribution in [0.1, 0.15) is 58.2 Å². The van der Waals surface area contributed by atoms with Crippen LogP contribution in [0.25, 0.3) is 0 Å². The summed E-state index contributed by atoms with van der Waals surface area (Å²) in [5.74, 6) is 1.21. The van der Waals surface area contributed by atoms with Crippen molar-refractivity contribution in [2.75, 3.05) is 14.2 Å². The molecule has 0 radical (unpaired) electrons. The maximum absolute atomic E-state index is 12.5. The Hall–Kier alpha value is -2.53. The lowest BCUT2D eigenvalue weighted by molar-refractivity contribution is -0.156. The molecule has 30 heavy (non-hydrogen) atoms. The van der Waals surface area contributed by atoms with E-state index in [-0.39, 0.29) is 18.1 Å². The molecule has 0 aliphatic heterocycles. The third kappa shape index (κ3) is 6.77. The maximum atomic E-state index is 12.5. The SMILES string of the molecule is COc1ccc(CN(C(C)CC(=O)OC(C)(C)C)[C@H](C)c2ccccc2)cc1OC. The summed E-state index contributed by atoms with van der Waals surface area (Å²) in [5, 5.41) is 0. The number of methoxy groups -OCH3 is 2. The molecule has 2 aromatic carbocycles. The molecule has 5 heteroatoms. The summed E-state index contributed by atoms with van der Waals surface area (Å²) in [5.41, 5.74) is 1.80. The minimum atomic E-state index is -0.490. The predicted octanol–water partition coefficient (Wildman–Crippen LogP) is 5.39. The third-order valence-corrected chi connectivity index (χ3v) is 5.04. The molecule has 0 N–H and O–H groups in total. The lowest BCUT2D eigenvalue weighted by Gasteiger charge is -2.35. The zero-order valence-corrected chi connectivity index (χ0v) is 19.3. The Morgan fingerprint density at radius 3 is 2.17 bits per heavy atom. The fraction of sp³-hybridized carbons (Fsp3) is 0.480. The second-order valence-corrected chi connectivity index (χ2v) is 8.59. The normalized spacial score (nSPS) is 13.6. The zero-order chi connectivity index (χ0) is 22.3. The van der Waals surface area contributed by atoms with Gasteiger partial charge in [0.25, 0.3) is 0 Å². The maximum Gasteiger partial charge on any atom is 0.307 e. The second kappa shape index (κ2) is 10.5. The van der Waals surface area contributed by atoms with Crippen LogP contribution in [-0.4, -0.2) is 36.7 Å². The van der Waals surface area contributed by atoms with Crippen molar-refractivity contribution in [3.8, 4) is 11.5 Å². The van der Waals surface area contributed by atoms with Crippen molar-refractivity contribution in [1.82, 2.24) is 4.90 Å². The zero-order valence-electron chi connectivity index (χ0n) is 19.3. The van der Waals surface area contributed by atoms with Gasteiger partial charge in [0, 0.05) is 18.6 Å². The Bertz CT molecular complexity index is 814. The van der Waals surface area contributed by atoms with Crippen molar-refractivity contribution >= 4 is 5.97 Å². The minimum Gasteiger partial charge on any atom is -0.493 e. The molecule has 164 valence electrons. The molecule has 0 spiro atoms. The van der Waals surface area contributed by atoms with E-state index >= 15 is 0 Å². The monoisotopic (exact) mass is 413 g/mol. The average molecular weight is 414 g/mol. The number of hydrogen-bond acceptors (Lipinski definition) is 5. The molecule has 0 saturated heterocycles. The Balaban J connectivity index is 2.28. The van der Waals surface area contributed by atoms with Crippen molar-refractivity contribution in [2.24, 2.45) is 0 Å². The summed E-state index contributed by atoms with van der Waals surface area (Å²) in [7, 11) is 3.27. The number of ether oxygens (including phenoxy) is 3. The van der Waals surface area contributed by atoms with Crippen molar-refractivity contribution in [3.63, 3.8) is 0 Å². The van der Waals surface area contributed by atoms with Gasteiger partial charge in [-0.1, -0.05) is 36.4 Å². The number of carbonyl (C=O) groups excluding carboxylic acids is 1. The van der Waals surface area contributed by atoms with Gasteiger partial charge in [0.15, 0.2) is 11.5 Å². The second-order valence-electron chi connectivity index (χ2n) is 8.59. The molecule has 0 aromatic heterocycles. The Labute approximate surface area is 180 Å². The lowest BCUT2D eigenvalue weighted by Crippen LogP contribution is -2.38. The van der Waals surface area contributed by atoms with E-state index in [0.29, 0.717) is 24.5 Å².